The molecule has 4 aliphatic rings. The predicted molar refractivity (Wildman–Crippen MR) is 72.7 cm³/mol. The van der Waals surface area contributed by atoms with E-state index in [1.54, 1.807) is 0 Å². The molecule has 0 radical (unpaired) electrons. The minimum absolute atomic E-state index is 0.100. The minimum atomic E-state index is 0.100. The highest BCUT2D eigenvalue weighted by Crippen LogP contribution is 2.64. The van der Waals surface area contributed by atoms with Crippen molar-refractivity contribution in [2.24, 2.45) is 34.8 Å². The smallest absolute Gasteiger partial charge is 0.0232 e. The summed E-state index contributed by atoms with van der Waals surface area (Å²) in [6.07, 6.45) is 10.1. The molecule has 4 saturated carbocycles. The Kier molecular flexibility index (Phi) is 2.63. The van der Waals surface area contributed by atoms with E-state index in [1.807, 2.05) is 0 Å². The first-order valence-electron chi connectivity index (χ1n) is 7.78. The van der Waals surface area contributed by atoms with Gasteiger partial charge in [0.15, 0.2) is 0 Å². The van der Waals surface area contributed by atoms with Crippen LogP contribution in [0.2, 0.25) is 0 Å². The zero-order valence-corrected chi connectivity index (χ0v) is 11.8. The molecule has 4 aliphatic carbocycles. The molecule has 0 saturated heterocycles. The van der Waals surface area contributed by atoms with E-state index in [0.717, 1.165) is 24.2 Å². The zero-order valence-electron chi connectivity index (χ0n) is 11.8. The average molecular weight is 235 g/mol. The Morgan fingerprint density at radius 3 is 1.76 bits per heavy atom. The third-order valence-corrected chi connectivity index (χ3v) is 6.64. The first-order chi connectivity index (χ1) is 7.99. The molecule has 98 valence electrons. The molecule has 0 aromatic heterocycles. The number of hydrogen-bond donors (Lipinski definition) is 1. The van der Waals surface area contributed by atoms with Gasteiger partial charge in [-0.05, 0) is 74.0 Å². The van der Waals surface area contributed by atoms with E-state index in [4.69, 9.17) is 5.73 Å². The van der Waals surface area contributed by atoms with Crippen LogP contribution in [-0.2, 0) is 0 Å². The maximum Gasteiger partial charge on any atom is 0.0232 e. The fourth-order valence-corrected chi connectivity index (χ4v) is 6.08. The van der Waals surface area contributed by atoms with Crippen LogP contribution in [0.25, 0.3) is 0 Å². The van der Waals surface area contributed by atoms with Gasteiger partial charge in [-0.2, -0.15) is 0 Å². The van der Waals surface area contributed by atoms with E-state index < -0.39 is 0 Å². The highest BCUT2D eigenvalue weighted by molar-refractivity contribution is 5.12. The largest absolute Gasteiger partial charge is 0.324 e. The molecule has 4 rings (SSSR count). The summed E-state index contributed by atoms with van der Waals surface area (Å²) in [6.45, 7) is 7.02. The van der Waals surface area contributed by atoms with Crippen molar-refractivity contribution in [3.05, 3.63) is 0 Å². The van der Waals surface area contributed by atoms with Gasteiger partial charge in [0, 0.05) is 5.54 Å². The lowest BCUT2D eigenvalue weighted by atomic mass is 9.43. The Balaban J connectivity index is 1.95. The van der Waals surface area contributed by atoms with Gasteiger partial charge in [0.2, 0.25) is 0 Å². The van der Waals surface area contributed by atoms with Crippen LogP contribution in [0.3, 0.4) is 0 Å². The van der Waals surface area contributed by atoms with Gasteiger partial charge in [0.05, 0.1) is 0 Å². The van der Waals surface area contributed by atoms with Crippen molar-refractivity contribution in [3.63, 3.8) is 0 Å². The third kappa shape index (κ3) is 1.54. The van der Waals surface area contributed by atoms with Crippen molar-refractivity contribution >= 4 is 0 Å². The second-order valence-electron chi connectivity index (χ2n) is 7.75. The molecule has 4 fully saturated rings. The predicted octanol–water partition coefficient (Wildman–Crippen LogP) is 3.97. The first-order valence-corrected chi connectivity index (χ1v) is 7.78. The van der Waals surface area contributed by atoms with Crippen LogP contribution in [-0.4, -0.2) is 5.54 Å². The van der Waals surface area contributed by atoms with Gasteiger partial charge >= 0.3 is 0 Å². The van der Waals surface area contributed by atoms with Crippen molar-refractivity contribution in [3.8, 4) is 0 Å². The Hall–Kier alpha value is -0.0400. The monoisotopic (exact) mass is 235 g/mol. The quantitative estimate of drug-likeness (QED) is 0.787. The second-order valence-corrected chi connectivity index (χ2v) is 7.75. The molecule has 0 amide bonds. The third-order valence-electron chi connectivity index (χ3n) is 6.64. The summed E-state index contributed by atoms with van der Waals surface area (Å²) in [5.74, 6) is 3.70. The number of hydrogen-bond acceptors (Lipinski definition) is 1. The number of nitrogens with two attached hydrogens (primary N) is 1. The molecule has 0 aliphatic heterocycles. The molecule has 0 aromatic carbocycles. The lowest BCUT2D eigenvalue weighted by Crippen LogP contribution is -2.64. The molecule has 4 bridgehead atoms. The average Bonchev–Trinajstić information content (AvgIpc) is 2.25. The molecule has 1 unspecified atom stereocenters. The molecule has 1 nitrogen and oxygen atoms in total. The summed E-state index contributed by atoms with van der Waals surface area (Å²) in [4.78, 5) is 0. The van der Waals surface area contributed by atoms with Gasteiger partial charge in [-0.15, -0.1) is 0 Å². The molecule has 1 atom stereocenters. The summed E-state index contributed by atoms with van der Waals surface area (Å²) in [5, 5.41) is 0. The Labute approximate surface area is 107 Å². The second kappa shape index (κ2) is 3.73. The van der Waals surface area contributed by atoms with Crippen molar-refractivity contribution in [2.75, 3.05) is 0 Å². The van der Waals surface area contributed by atoms with Gasteiger partial charge < -0.3 is 5.73 Å². The van der Waals surface area contributed by atoms with Crippen LogP contribution in [0.5, 0.6) is 0 Å². The van der Waals surface area contributed by atoms with E-state index in [-0.39, 0.29) is 5.54 Å². The minimum Gasteiger partial charge on any atom is -0.324 e. The van der Waals surface area contributed by atoms with E-state index in [9.17, 15) is 0 Å². The molecule has 0 heterocycles. The SMILES string of the molecule is CCC(N)(C(C)C)C12CC3CC(CC(C3)C1)C2. The fraction of sp³-hybridized carbons (Fsp3) is 1.00. The van der Waals surface area contributed by atoms with Crippen molar-refractivity contribution in [1.82, 2.24) is 0 Å². The topological polar surface area (TPSA) is 26.0 Å². The standard InChI is InChI=1S/C16H29N/c1-4-16(17,11(2)3)15-8-12-5-13(9-15)7-14(6-12)10-15/h11-14H,4-10,17H2,1-3H3. The van der Waals surface area contributed by atoms with Crippen LogP contribution >= 0.6 is 0 Å². The molecule has 2 N–H and O–H groups in total. The maximum atomic E-state index is 6.94. The summed E-state index contributed by atoms with van der Waals surface area (Å²) in [6, 6.07) is 0. The van der Waals surface area contributed by atoms with Crippen molar-refractivity contribution in [2.45, 2.75) is 71.3 Å². The summed E-state index contributed by atoms with van der Waals surface area (Å²) in [7, 11) is 0. The van der Waals surface area contributed by atoms with Gasteiger partial charge in [0.1, 0.15) is 0 Å². The van der Waals surface area contributed by atoms with Gasteiger partial charge in [0.25, 0.3) is 0 Å². The van der Waals surface area contributed by atoms with Crippen molar-refractivity contribution < 1.29 is 0 Å². The molecular weight excluding hydrogens is 206 g/mol. The van der Waals surface area contributed by atoms with E-state index >= 15 is 0 Å². The Bertz CT molecular complexity index is 271. The Morgan fingerprint density at radius 2 is 1.47 bits per heavy atom. The zero-order chi connectivity index (χ0) is 12.3. The molecule has 0 aromatic rings. The lowest BCUT2D eigenvalue weighted by Gasteiger charge is -2.64. The van der Waals surface area contributed by atoms with Crippen LogP contribution in [0.4, 0.5) is 0 Å². The Morgan fingerprint density at radius 1 is 1.06 bits per heavy atom. The fourth-order valence-electron chi connectivity index (χ4n) is 6.08. The lowest BCUT2D eigenvalue weighted by molar-refractivity contribution is -0.111. The van der Waals surface area contributed by atoms with Crippen LogP contribution in [0.15, 0.2) is 0 Å². The molecule has 17 heavy (non-hydrogen) atoms. The van der Waals surface area contributed by atoms with Gasteiger partial charge in [-0.3, -0.25) is 0 Å². The van der Waals surface area contributed by atoms with E-state index in [0.29, 0.717) is 11.3 Å². The number of rotatable bonds is 3. The highest BCUT2D eigenvalue weighted by Gasteiger charge is 2.59. The molecular formula is C16H29N. The van der Waals surface area contributed by atoms with Gasteiger partial charge in [-0.25, -0.2) is 0 Å². The molecule has 0 spiro atoms. The summed E-state index contributed by atoms with van der Waals surface area (Å²) in [5.41, 5.74) is 7.54. The maximum absolute atomic E-state index is 6.94. The van der Waals surface area contributed by atoms with E-state index in [2.05, 4.69) is 20.8 Å². The summed E-state index contributed by atoms with van der Waals surface area (Å²) >= 11 is 0. The normalized spacial score (nSPS) is 47.5. The summed E-state index contributed by atoms with van der Waals surface area (Å²) < 4.78 is 0. The van der Waals surface area contributed by atoms with Crippen molar-refractivity contribution in [1.29, 1.82) is 0 Å². The first kappa shape index (κ1) is 12.0. The van der Waals surface area contributed by atoms with Crippen LogP contribution in [0, 0.1) is 29.1 Å². The van der Waals surface area contributed by atoms with Crippen LogP contribution < -0.4 is 5.73 Å². The van der Waals surface area contributed by atoms with E-state index in [1.165, 1.54) is 38.5 Å². The van der Waals surface area contributed by atoms with Gasteiger partial charge in [-0.1, -0.05) is 20.8 Å². The molecule has 1 heteroatoms. The van der Waals surface area contributed by atoms with Crippen LogP contribution in [0.1, 0.15) is 65.7 Å². The highest BCUT2D eigenvalue weighted by atomic mass is 14.8.